The highest BCUT2D eigenvalue weighted by atomic mass is 16.5. The first-order valence-corrected chi connectivity index (χ1v) is 4.79. The molecule has 74 valence electrons. The van der Waals surface area contributed by atoms with Gasteiger partial charge in [0.2, 0.25) is 0 Å². The van der Waals surface area contributed by atoms with E-state index in [0.717, 1.165) is 19.8 Å². The minimum Gasteiger partial charge on any atom is -0.380 e. The molecule has 0 heterocycles. The Morgan fingerprint density at radius 2 is 1.92 bits per heavy atom. The molecule has 0 fully saturated rings. The van der Waals surface area contributed by atoms with Crippen molar-refractivity contribution in [3.63, 3.8) is 0 Å². The smallest absolute Gasteiger partial charge is 0.0590 e. The first-order valence-electron chi connectivity index (χ1n) is 4.79. The van der Waals surface area contributed by atoms with Crippen molar-refractivity contribution >= 4 is 0 Å². The molecule has 2 nitrogen and oxygen atoms in total. The van der Waals surface area contributed by atoms with E-state index in [1.54, 1.807) is 0 Å². The zero-order chi connectivity index (χ0) is 9.61. The zero-order valence-corrected chi connectivity index (χ0v) is 9.11. The Morgan fingerprint density at radius 3 is 2.33 bits per heavy atom. The Morgan fingerprint density at radius 1 is 1.33 bits per heavy atom. The molecular weight excluding hydrogens is 150 g/mol. The quantitative estimate of drug-likeness (QED) is 0.642. The molecule has 0 saturated carbocycles. The highest BCUT2D eigenvalue weighted by Crippen LogP contribution is 2.17. The number of rotatable bonds is 5. The molecule has 0 saturated heterocycles. The molecule has 0 spiro atoms. The first kappa shape index (κ1) is 11.9. The van der Waals surface area contributed by atoms with Crippen LogP contribution in [0.25, 0.3) is 0 Å². The van der Waals surface area contributed by atoms with Crippen molar-refractivity contribution in [2.75, 3.05) is 19.8 Å². The number of hydrogen-bond acceptors (Lipinski definition) is 2. The predicted molar refractivity (Wildman–Crippen MR) is 53.4 cm³/mol. The molecule has 1 atom stereocenters. The zero-order valence-electron chi connectivity index (χ0n) is 9.11. The minimum atomic E-state index is 0.339. The largest absolute Gasteiger partial charge is 0.380 e. The second-order valence-electron chi connectivity index (χ2n) is 4.24. The van der Waals surface area contributed by atoms with E-state index >= 15 is 0 Å². The van der Waals surface area contributed by atoms with Crippen LogP contribution in [-0.4, -0.2) is 25.8 Å². The van der Waals surface area contributed by atoms with Gasteiger partial charge in [0.25, 0.3) is 0 Å². The molecular formula is C10H23NO. The van der Waals surface area contributed by atoms with Gasteiger partial charge in [-0.05, 0) is 19.3 Å². The van der Waals surface area contributed by atoms with E-state index in [1.807, 2.05) is 6.92 Å². The van der Waals surface area contributed by atoms with Crippen LogP contribution in [0.15, 0.2) is 0 Å². The Balaban J connectivity index is 3.38. The predicted octanol–water partition coefficient (Wildman–Crippen LogP) is 2.05. The van der Waals surface area contributed by atoms with E-state index in [9.17, 15) is 0 Å². The molecule has 0 aromatic carbocycles. The summed E-state index contributed by atoms with van der Waals surface area (Å²) in [5.74, 6) is 0. The minimum absolute atomic E-state index is 0.339. The van der Waals surface area contributed by atoms with Crippen LogP contribution in [-0.2, 0) is 4.74 Å². The molecule has 0 amide bonds. The topological polar surface area (TPSA) is 21.3 Å². The molecule has 0 aliphatic carbocycles. The SMILES string of the molecule is CCOCCNC(C)C(C)(C)C. The fourth-order valence-corrected chi connectivity index (χ4v) is 0.798. The third kappa shape index (κ3) is 5.56. The highest BCUT2D eigenvalue weighted by Gasteiger charge is 2.18. The maximum Gasteiger partial charge on any atom is 0.0590 e. The van der Waals surface area contributed by atoms with E-state index in [4.69, 9.17) is 4.74 Å². The average Bonchev–Trinajstić information content (AvgIpc) is 1.96. The molecule has 0 aliphatic heterocycles. The summed E-state index contributed by atoms with van der Waals surface area (Å²) in [7, 11) is 0. The van der Waals surface area contributed by atoms with Crippen molar-refractivity contribution in [3.05, 3.63) is 0 Å². The van der Waals surface area contributed by atoms with Crippen LogP contribution in [0.4, 0.5) is 0 Å². The van der Waals surface area contributed by atoms with Crippen LogP contribution < -0.4 is 5.32 Å². The molecule has 12 heavy (non-hydrogen) atoms. The van der Waals surface area contributed by atoms with Gasteiger partial charge in [-0.3, -0.25) is 0 Å². The molecule has 0 aliphatic rings. The second-order valence-corrected chi connectivity index (χ2v) is 4.24. The van der Waals surface area contributed by atoms with Crippen LogP contribution in [0.2, 0.25) is 0 Å². The van der Waals surface area contributed by atoms with E-state index in [-0.39, 0.29) is 0 Å². The van der Waals surface area contributed by atoms with Crippen molar-refractivity contribution in [1.82, 2.24) is 5.32 Å². The monoisotopic (exact) mass is 173 g/mol. The van der Waals surface area contributed by atoms with E-state index < -0.39 is 0 Å². The molecule has 0 aromatic heterocycles. The van der Waals surface area contributed by atoms with Gasteiger partial charge < -0.3 is 10.1 Å². The second kappa shape index (κ2) is 5.55. The van der Waals surface area contributed by atoms with Gasteiger partial charge in [-0.1, -0.05) is 20.8 Å². The standard InChI is InChI=1S/C10H23NO/c1-6-12-8-7-11-9(2)10(3,4)5/h9,11H,6-8H2,1-5H3. The fourth-order valence-electron chi connectivity index (χ4n) is 0.798. The molecule has 0 aromatic rings. The van der Waals surface area contributed by atoms with E-state index in [0.29, 0.717) is 11.5 Å². The number of hydrogen-bond donors (Lipinski definition) is 1. The molecule has 0 bridgehead atoms. The Kier molecular flexibility index (Phi) is 5.51. The van der Waals surface area contributed by atoms with Gasteiger partial charge in [0, 0.05) is 19.2 Å². The summed E-state index contributed by atoms with van der Waals surface area (Å²) in [5, 5.41) is 3.43. The maximum atomic E-state index is 5.23. The van der Waals surface area contributed by atoms with Crippen molar-refractivity contribution in [1.29, 1.82) is 0 Å². The Hall–Kier alpha value is -0.0800. The van der Waals surface area contributed by atoms with Crippen molar-refractivity contribution in [2.45, 2.75) is 40.7 Å². The summed E-state index contributed by atoms with van der Waals surface area (Å²) in [6, 6.07) is 0.540. The summed E-state index contributed by atoms with van der Waals surface area (Å²) in [4.78, 5) is 0. The summed E-state index contributed by atoms with van der Waals surface area (Å²) in [6.07, 6.45) is 0. The van der Waals surface area contributed by atoms with Gasteiger partial charge in [-0.25, -0.2) is 0 Å². The van der Waals surface area contributed by atoms with Crippen LogP contribution in [0.5, 0.6) is 0 Å². The molecule has 1 unspecified atom stereocenters. The van der Waals surface area contributed by atoms with Gasteiger partial charge in [-0.15, -0.1) is 0 Å². The highest BCUT2D eigenvalue weighted by molar-refractivity contribution is 4.75. The number of nitrogens with one attached hydrogen (secondary N) is 1. The molecule has 0 radical (unpaired) electrons. The lowest BCUT2D eigenvalue weighted by Crippen LogP contribution is -2.39. The van der Waals surface area contributed by atoms with Gasteiger partial charge in [0.15, 0.2) is 0 Å². The first-order chi connectivity index (χ1) is 5.48. The van der Waals surface area contributed by atoms with Crippen molar-refractivity contribution in [2.24, 2.45) is 5.41 Å². The van der Waals surface area contributed by atoms with E-state index in [1.165, 1.54) is 0 Å². The van der Waals surface area contributed by atoms with Crippen LogP contribution in [0.3, 0.4) is 0 Å². The van der Waals surface area contributed by atoms with Gasteiger partial charge in [0.05, 0.1) is 6.61 Å². The Labute approximate surface area is 76.7 Å². The summed E-state index contributed by atoms with van der Waals surface area (Å²) in [5.41, 5.74) is 0.339. The lowest BCUT2D eigenvalue weighted by Gasteiger charge is -2.28. The van der Waals surface area contributed by atoms with Crippen molar-refractivity contribution in [3.8, 4) is 0 Å². The maximum absolute atomic E-state index is 5.23. The lowest BCUT2D eigenvalue weighted by atomic mass is 9.88. The summed E-state index contributed by atoms with van der Waals surface area (Å²) >= 11 is 0. The molecule has 2 heteroatoms. The molecule has 0 rings (SSSR count). The normalized spacial score (nSPS) is 14.8. The van der Waals surface area contributed by atoms with E-state index in [2.05, 4.69) is 33.0 Å². The van der Waals surface area contributed by atoms with Crippen LogP contribution in [0.1, 0.15) is 34.6 Å². The third-order valence-corrected chi connectivity index (χ3v) is 2.20. The van der Waals surface area contributed by atoms with Crippen molar-refractivity contribution < 1.29 is 4.74 Å². The third-order valence-electron chi connectivity index (χ3n) is 2.20. The fraction of sp³-hybridized carbons (Fsp3) is 1.00. The van der Waals surface area contributed by atoms with Gasteiger partial charge in [0.1, 0.15) is 0 Å². The molecule has 1 N–H and O–H groups in total. The summed E-state index contributed by atoms with van der Waals surface area (Å²) in [6.45, 7) is 13.5. The van der Waals surface area contributed by atoms with Crippen LogP contribution >= 0.6 is 0 Å². The van der Waals surface area contributed by atoms with Crippen LogP contribution in [0, 0.1) is 5.41 Å². The number of ether oxygens (including phenoxy) is 1. The van der Waals surface area contributed by atoms with Gasteiger partial charge >= 0.3 is 0 Å². The van der Waals surface area contributed by atoms with Gasteiger partial charge in [-0.2, -0.15) is 0 Å². The Bertz CT molecular complexity index is 107. The lowest BCUT2D eigenvalue weighted by molar-refractivity contribution is 0.141. The average molecular weight is 173 g/mol. The summed E-state index contributed by atoms with van der Waals surface area (Å²) < 4.78 is 5.23.